The maximum Gasteiger partial charge on any atom is 0.348 e. The molecule has 0 radical (unpaired) electrons. The highest BCUT2D eigenvalue weighted by atomic mass is 32.1. The molecule has 10 nitrogen and oxygen atoms in total. The molecular weight excluding hydrogens is 462 g/mol. The fraction of sp³-hybridized carbons (Fsp3) is 0.391. The number of carbonyl (C=O) groups excluding carboxylic acids is 4. The average molecular weight is 490 g/mol. The van der Waals surface area contributed by atoms with Gasteiger partial charge in [0.25, 0.3) is 5.91 Å². The van der Waals surface area contributed by atoms with Crippen molar-refractivity contribution < 1.29 is 33.4 Å². The van der Waals surface area contributed by atoms with Crippen molar-refractivity contribution in [1.82, 2.24) is 5.32 Å². The molecule has 1 aromatic carbocycles. The van der Waals surface area contributed by atoms with Crippen LogP contribution in [0.5, 0.6) is 5.75 Å². The summed E-state index contributed by atoms with van der Waals surface area (Å²) in [6.45, 7) is 5.33. The van der Waals surface area contributed by atoms with Gasteiger partial charge in [-0.3, -0.25) is 9.59 Å². The number of anilines is 2. The Labute approximate surface area is 201 Å². The Morgan fingerprint density at radius 1 is 1.12 bits per heavy atom. The van der Waals surface area contributed by atoms with E-state index >= 15 is 0 Å². The zero-order valence-corrected chi connectivity index (χ0v) is 20.2. The van der Waals surface area contributed by atoms with Crippen LogP contribution in [0.4, 0.5) is 10.7 Å². The van der Waals surface area contributed by atoms with E-state index in [1.54, 1.807) is 49.9 Å². The number of para-hydroxylation sites is 2. The molecule has 2 aromatic rings. The highest BCUT2D eigenvalue weighted by Gasteiger charge is 2.32. The zero-order chi connectivity index (χ0) is 24.8. The molecule has 1 aliphatic rings. The van der Waals surface area contributed by atoms with Gasteiger partial charge in [0, 0.05) is 7.05 Å². The Hall–Kier alpha value is -3.60. The molecule has 2 N–H and O–H groups in total. The van der Waals surface area contributed by atoms with Crippen molar-refractivity contribution >= 4 is 45.8 Å². The van der Waals surface area contributed by atoms with E-state index in [2.05, 4.69) is 10.6 Å². The van der Waals surface area contributed by atoms with Crippen LogP contribution >= 0.6 is 11.3 Å². The molecule has 3 rings (SSSR count). The molecule has 0 saturated heterocycles. The fourth-order valence-electron chi connectivity index (χ4n) is 3.54. The minimum absolute atomic E-state index is 0.109. The number of amides is 2. The molecule has 2 heterocycles. The van der Waals surface area contributed by atoms with Crippen molar-refractivity contribution in [3.63, 3.8) is 0 Å². The number of nitrogens with one attached hydrogen (secondary N) is 2. The van der Waals surface area contributed by atoms with E-state index in [-0.39, 0.29) is 47.7 Å². The summed E-state index contributed by atoms with van der Waals surface area (Å²) in [6, 6.07) is 7.10. The molecule has 1 unspecified atom stereocenters. The number of likely N-dealkylation sites (N-methyl/N-ethyl adjacent to an activating group) is 1. The van der Waals surface area contributed by atoms with Gasteiger partial charge in [0.15, 0.2) is 6.10 Å². The van der Waals surface area contributed by atoms with E-state index in [9.17, 15) is 19.2 Å². The van der Waals surface area contributed by atoms with Gasteiger partial charge < -0.3 is 29.7 Å². The predicted molar refractivity (Wildman–Crippen MR) is 127 cm³/mol. The van der Waals surface area contributed by atoms with E-state index in [4.69, 9.17) is 14.2 Å². The van der Waals surface area contributed by atoms with Crippen LogP contribution in [-0.4, -0.2) is 63.2 Å². The maximum absolute atomic E-state index is 13.0. The van der Waals surface area contributed by atoms with Crippen LogP contribution in [0, 0.1) is 6.92 Å². The van der Waals surface area contributed by atoms with Crippen LogP contribution in [0.2, 0.25) is 0 Å². The standard InChI is InChI=1S/C23H27N3O7S/c1-5-31-22(29)18-13(3)19(23(30)32-6-2)34-21(18)25-17(27)12-26-11-16(20(28)24-4)33-15-10-8-7-9-14(15)26/h7-10,16H,5-6,11-12H2,1-4H3,(H,24,28)(H,25,27). The summed E-state index contributed by atoms with van der Waals surface area (Å²) < 4.78 is 16.0. The monoisotopic (exact) mass is 489 g/mol. The van der Waals surface area contributed by atoms with Crippen LogP contribution in [0.15, 0.2) is 24.3 Å². The van der Waals surface area contributed by atoms with Crippen molar-refractivity contribution in [2.24, 2.45) is 0 Å². The SMILES string of the molecule is CCOC(=O)c1sc(NC(=O)CN2CC(C(=O)NC)Oc3ccccc32)c(C(=O)OCC)c1C. The number of esters is 2. The number of hydrogen-bond donors (Lipinski definition) is 2. The zero-order valence-electron chi connectivity index (χ0n) is 19.4. The second-order valence-electron chi connectivity index (χ2n) is 7.32. The summed E-state index contributed by atoms with van der Waals surface area (Å²) >= 11 is 0.959. The third-order valence-electron chi connectivity index (χ3n) is 5.07. The molecular formula is C23H27N3O7S. The molecule has 2 amide bonds. The number of hydrogen-bond acceptors (Lipinski definition) is 9. The van der Waals surface area contributed by atoms with Gasteiger partial charge in [-0.1, -0.05) is 12.1 Å². The summed E-state index contributed by atoms with van der Waals surface area (Å²) in [5, 5.41) is 5.49. The minimum atomic E-state index is -0.790. The molecule has 1 aliphatic heterocycles. The second-order valence-corrected chi connectivity index (χ2v) is 8.34. The van der Waals surface area contributed by atoms with E-state index in [0.29, 0.717) is 17.0 Å². The molecule has 0 aliphatic carbocycles. The maximum atomic E-state index is 13.0. The van der Waals surface area contributed by atoms with Crippen molar-refractivity contribution in [1.29, 1.82) is 0 Å². The number of benzene rings is 1. The van der Waals surface area contributed by atoms with Crippen molar-refractivity contribution in [3.05, 3.63) is 40.3 Å². The third kappa shape index (κ3) is 5.30. The highest BCUT2D eigenvalue weighted by Crippen LogP contribution is 2.35. The Balaban J connectivity index is 1.86. The van der Waals surface area contributed by atoms with Gasteiger partial charge in [-0.15, -0.1) is 11.3 Å². The molecule has 34 heavy (non-hydrogen) atoms. The lowest BCUT2D eigenvalue weighted by Gasteiger charge is -2.34. The molecule has 0 saturated carbocycles. The molecule has 1 aromatic heterocycles. The molecule has 0 spiro atoms. The van der Waals surface area contributed by atoms with E-state index in [0.717, 1.165) is 11.3 Å². The second kappa shape index (κ2) is 11.0. The first-order chi connectivity index (χ1) is 16.3. The fourth-order valence-corrected chi connectivity index (χ4v) is 4.64. The third-order valence-corrected chi connectivity index (χ3v) is 6.26. The highest BCUT2D eigenvalue weighted by molar-refractivity contribution is 7.18. The normalized spacial score (nSPS) is 14.5. The summed E-state index contributed by atoms with van der Waals surface area (Å²) in [5.41, 5.74) is 1.17. The number of carbonyl (C=O) groups is 4. The van der Waals surface area contributed by atoms with Crippen LogP contribution in [-0.2, 0) is 19.1 Å². The van der Waals surface area contributed by atoms with Crippen molar-refractivity contribution in [2.45, 2.75) is 26.9 Å². The largest absolute Gasteiger partial charge is 0.477 e. The lowest BCUT2D eigenvalue weighted by molar-refractivity contribution is -0.127. The van der Waals surface area contributed by atoms with Gasteiger partial charge in [-0.2, -0.15) is 0 Å². The van der Waals surface area contributed by atoms with Gasteiger partial charge in [0.2, 0.25) is 5.91 Å². The molecule has 182 valence electrons. The van der Waals surface area contributed by atoms with E-state index in [1.807, 2.05) is 0 Å². The molecule has 0 bridgehead atoms. The lowest BCUT2D eigenvalue weighted by atomic mass is 10.1. The van der Waals surface area contributed by atoms with Gasteiger partial charge in [-0.05, 0) is 38.5 Å². The summed E-state index contributed by atoms with van der Waals surface area (Å²) in [6.07, 6.45) is -0.790. The van der Waals surface area contributed by atoms with Gasteiger partial charge in [0.05, 0.1) is 37.6 Å². The van der Waals surface area contributed by atoms with Gasteiger partial charge in [-0.25, -0.2) is 9.59 Å². The van der Waals surface area contributed by atoms with Crippen LogP contribution in [0.25, 0.3) is 0 Å². The number of thiophene rings is 1. The Kier molecular flexibility index (Phi) is 8.11. The lowest BCUT2D eigenvalue weighted by Crippen LogP contribution is -2.50. The van der Waals surface area contributed by atoms with Crippen LogP contribution < -0.4 is 20.3 Å². The Morgan fingerprint density at radius 2 is 1.79 bits per heavy atom. The smallest absolute Gasteiger partial charge is 0.348 e. The van der Waals surface area contributed by atoms with Crippen molar-refractivity contribution in [2.75, 3.05) is 43.6 Å². The molecule has 11 heteroatoms. The predicted octanol–water partition coefficient (Wildman–Crippen LogP) is 2.36. The van der Waals surface area contributed by atoms with Crippen molar-refractivity contribution in [3.8, 4) is 5.75 Å². The Morgan fingerprint density at radius 3 is 2.47 bits per heavy atom. The minimum Gasteiger partial charge on any atom is -0.477 e. The Bertz CT molecular complexity index is 1100. The summed E-state index contributed by atoms with van der Waals surface area (Å²) in [5.74, 6) is -1.48. The number of ether oxygens (including phenoxy) is 3. The van der Waals surface area contributed by atoms with Gasteiger partial charge >= 0.3 is 11.9 Å². The average Bonchev–Trinajstić information content (AvgIpc) is 3.14. The number of nitrogens with zero attached hydrogens (tertiary/aromatic N) is 1. The summed E-state index contributed by atoms with van der Waals surface area (Å²) in [4.78, 5) is 52.1. The van der Waals surface area contributed by atoms with Crippen LogP contribution in [0.3, 0.4) is 0 Å². The molecule has 1 atom stereocenters. The topological polar surface area (TPSA) is 123 Å². The number of rotatable bonds is 8. The van der Waals surface area contributed by atoms with E-state index < -0.39 is 23.9 Å². The number of fused-ring (bicyclic) bond motifs is 1. The summed E-state index contributed by atoms with van der Waals surface area (Å²) in [7, 11) is 1.51. The first-order valence-corrected chi connectivity index (χ1v) is 11.6. The first-order valence-electron chi connectivity index (χ1n) is 10.8. The quantitative estimate of drug-likeness (QED) is 0.542. The first kappa shape index (κ1) is 25.0. The van der Waals surface area contributed by atoms with E-state index in [1.165, 1.54) is 7.05 Å². The molecule has 0 fully saturated rings. The van der Waals surface area contributed by atoms with Gasteiger partial charge in [0.1, 0.15) is 15.6 Å². The van der Waals surface area contributed by atoms with Crippen LogP contribution in [0.1, 0.15) is 39.4 Å².